The van der Waals surface area contributed by atoms with E-state index in [1.54, 1.807) is 0 Å². The molecule has 2 aliphatic rings. The van der Waals surface area contributed by atoms with Gasteiger partial charge in [-0.3, -0.25) is 0 Å². The van der Waals surface area contributed by atoms with Gasteiger partial charge in [0.2, 0.25) is 0 Å². The molecular formula is C16H22N4. The van der Waals surface area contributed by atoms with Gasteiger partial charge in [0.25, 0.3) is 0 Å². The molecule has 2 N–H and O–H groups in total. The molecule has 2 aromatic heterocycles. The van der Waals surface area contributed by atoms with Crippen LogP contribution in [0.4, 0.5) is 0 Å². The summed E-state index contributed by atoms with van der Waals surface area (Å²) in [6.45, 7) is 0. The second-order valence-electron chi connectivity index (χ2n) is 6.58. The first-order chi connectivity index (χ1) is 9.75. The van der Waals surface area contributed by atoms with Gasteiger partial charge >= 0.3 is 0 Å². The molecule has 2 aromatic rings. The molecular weight excluding hydrogens is 248 g/mol. The van der Waals surface area contributed by atoms with Gasteiger partial charge in [0.15, 0.2) is 5.65 Å². The molecule has 0 unspecified atom stereocenters. The largest absolute Gasteiger partial charge is 0.325 e. The number of hydrogen-bond acceptors (Lipinski definition) is 3. The van der Waals surface area contributed by atoms with Gasteiger partial charge in [0, 0.05) is 24.2 Å². The van der Waals surface area contributed by atoms with E-state index in [2.05, 4.69) is 15.6 Å². The summed E-state index contributed by atoms with van der Waals surface area (Å²) in [5, 5.41) is 0. The van der Waals surface area contributed by atoms with Crippen LogP contribution in [-0.4, -0.2) is 20.1 Å². The fourth-order valence-electron chi connectivity index (χ4n) is 3.57. The van der Waals surface area contributed by atoms with E-state index >= 15 is 0 Å². The summed E-state index contributed by atoms with van der Waals surface area (Å²) in [7, 11) is 0. The maximum atomic E-state index is 6.63. The zero-order valence-electron chi connectivity index (χ0n) is 11.9. The summed E-state index contributed by atoms with van der Waals surface area (Å²) in [6, 6.07) is 4.64. The number of imidazole rings is 1. The first-order valence-electron chi connectivity index (χ1n) is 7.86. The predicted molar refractivity (Wildman–Crippen MR) is 79.5 cm³/mol. The number of pyridine rings is 1. The Labute approximate surface area is 119 Å². The number of fused-ring (bicyclic) bond motifs is 1. The second-order valence-corrected chi connectivity index (χ2v) is 6.58. The van der Waals surface area contributed by atoms with E-state index in [0.717, 1.165) is 36.3 Å². The third kappa shape index (κ3) is 2.12. The highest BCUT2D eigenvalue weighted by Crippen LogP contribution is 2.39. The monoisotopic (exact) mass is 270 g/mol. The molecule has 4 heteroatoms. The predicted octanol–water partition coefficient (Wildman–Crippen LogP) is 2.97. The quantitative estimate of drug-likeness (QED) is 0.932. The summed E-state index contributed by atoms with van der Waals surface area (Å²) < 4.78 is 2.36. The normalized spacial score (nSPS) is 22.2. The molecule has 2 saturated carbocycles. The summed E-state index contributed by atoms with van der Waals surface area (Å²) in [4.78, 5) is 9.37. The minimum Gasteiger partial charge on any atom is -0.325 e. The molecule has 0 radical (unpaired) electrons. The molecule has 0 aromatic carbocycles. The smallest absolute Gasteiger partial charge is 0.160 e. The Hall–Kier alpha value is -1.42. The third-order valence-electron chi connectivity index (χ3n) is 4.79. The number of nitrogens with two attached hydrogens (primary N) is 1. The van der Waals surface area contributed by atoms with Crippen molar-refractivity contribution >= 4 is 11.2 Å². The van der Waals surface area contributed by atoms with Crippen LogP contribution in [0.15, 0.2) is 18.3 Å². The van der Waals surface area contributed by atoms with Crippen molar-refractivity contribution in [3.63, 3.8) is 0 Å². The zero-order chi connectivity index (χ0) is 13.6. The van der Waals surface area contributed by atoms with Gasteiger partial charge in [-0.2, -0.15) is 0 Å². The minimum atomic E-state index is -0.0493. The number of nitrogens with zero attached hydrogens (tertiary/aromatic N) is 3. The van der Waals surface area contributed by atoms with Crippen molar-refractivity contribution in [1.29, 1.82) is 0 Å². The van der Waals surface area contributed by atoms with Crippen LogP contribution < -0.4 is 5.73 Å². The van der Waals surface area contributed by atoms with Gasteiger partial charge in [0.1, 0.15) is 11.3 Å². The Kier molecular flexibility index (Phi) is 2.81. The topological polar surface area (TPSA) is 56.7 Å². The summed E-state index contributed by atoms with van der Waals surface area (Å²) >= 11 is 0. The van der Waals surface area contributed by atoms with Crippen molar-refractivity contribution in [2.45, 2.75) is 62.9 Å². The highest BCUT2D eigenvalue weighted by Gasteiger charge is 2.34. The fourth-order valence-corrected chi connectivity index (χ4v) is 3.57. The van der Waals surface area contributed by atoms with Gasteiger partial charge < -0.3 is 10.3 Å². The van der Waals surface area contributed by atoms with Crippen LogP contribution in [0, 0.1) is 0 Å². The molecule has 4 nitrogen and oxygen atoms in total. The second kappa shape index (κ2) is 4.55. The molecule has 4 rings (SSSR count). The van der Waals surface area contributed by atoms with E-state index in [-0.39, 0.29) is 5.54 Å². The van der Waals surface area contributed by atoms with Gasteiger partial charge in [0.05, 0.1) is 0 Å². The van der Waals surface area contributed by atoms with E-state index in [0.29, 0.717) is 6.04 Å². The van der Waals surface area contributed by atoms with Gasteiger partial charge in [-0.05, 0) is 37.8 Å². The summed E-state index contributed by atoms with van der Waals surface area (Å²) in [5.41, 5.74) is 8.65. The number of aromatic nitrogens is 3. The van der Waals surface area contributed by atoms with Crippen LogP contribution in [-0.2, 0) is 6.42 Å². The van der Waals surface area contributed by atoms with E-state index in [9.17, 15) is 0 Å². The molecule has 0 spiro atoms. The molecule has 2 fully saturated rings. The van der Waals surface area contributed by atoms with Crippen LogP contribution in [0.2, 0.25) is 0 Å². The standard InChI is InChI=1S/C16H22N4/c17-16(8-2-1-3-9-16)11-14-19-13-5-4-10-18-15(13)20(14)12-6-7-12/h4-5,10,12H,1-3,6-9,11,17H2. The molecule has 2 heterocycles. The molecule has 0 saturated heterocycles. The lowest BCUT2D eigenvalue weighted by Crippen LogP contribution is -2.44. The average molecular weight is 270 g/mol. The highest BCUT2D eigenvalue weighted by atomic mass is 15.2. The van der Waals surface area contributed by atoms with Crippen molar-refractivity contribution in [2.75, 3.05) is 0 Å². The Morgan fingerprint density at radius 2 is 2.05 bits per heavy atom. The third-order valence-corrected chi connectivity index (χ3v) is 4.79. The molecule has 106 valence electrons. The molecule has 0 bridgehead atoms. The maximum Gasteiger partial charge on any atom is 0.160 e. The van der Waals surface area contributed by atoms with Crippen LogP contribution in [0.25, 0.3) is 11.2 Å². The number of hydrogen-bond donors (Lipinski definition) is 1. The van der Waals surface area contributed by atoms with Gasteiger partial charge in [-0.25, -0.2) is 9.97 Å². The van der Waals surface area contributed by atoms with Crippen molar-refractivity contribution in [1.82, 2.24) is 14.5 Å². The Morgan fingerprint density at radius 3 is 2.80 bits per heavy atom. The van der Waals surface area contributed by atoms with Crippen LogP contribution in [0.5, 0.6) is 0 Å². The van der Waals surface area contributed by atoms with Crippen LogP contribution in [0.1, 0.15) is 56.8 Å². The maximum absolute atomic E-state index is 6.63. The summed E-state index contributed by atoms with van der Waals surface area (Å²) in [5.74, 6) is 1.16. The SMILES string of the molecule is NC1(Cc2nc3cccnc3n2C2CC2)CCCCC1. The first-order valence-corrected chi connectivity index (χ1v) is 7.86. The molecule has 20 heavy (non-hydrogen) atoms. The van der Waals surface area contributed by atoms with Crippen LogP contribution in [0.3, 0.4) is 0 Å². The molecule has 0 atom stereocenters. The van der Waals surface area contributed by atoms with Gasteiger partial charge in [-0.15, -0.1) is 0 Å². The lowest BCUT2D eigenvalue weighted by Gasteiger charge is -2.33. The first kappa shape index (κ1) is 12.3. The Bertz CT molecular complexity index is 620. The van der Waals surface area contributed by atoms with Crippen molar-refractivity contribution < 1.29 is 0 Å². The summed E-state index contributed by atoms with van der Waals surface area (Å²) in [6.07, 6.45) is 11.4. The van der Waals surface area contributed by atoms with E-state index in [1.807, 2.05) is 12.3 Å². The van der Waals surface area contributed by atoms with Crippen molar-refractivity contribution in [3.05, 3.63) is 24.2 Å². The van der Waals surface area contributed by atoms with Gasteiger partial charge in [-0.1, -0.05) is 19.3 Å². The molecule has 0 aliphatic heterocycles. The molecule has 2 aliphatic carbocycles. The van der Waals surface area contributed by atoms with Crippen molar-refractivity contribution in [2.24, 2.45) is 5.73 Å². The Balaban J connectivity index is 1.73. The van der Waals surface area contributed by atoms with E-state index < -0.39 is 0 Å². The van der Waals surface area contributed by atoms with Crippen LogP contribution >= 0.6 is 0 Å². The van der Waals surface area contributed by atoms with E-state index in [1.165, 1.54) is 32.1 Å². The number of rotatable bonds is 3. The highest BCUT2D eigenvalue weighted by molar-refractivity contribution is 5.71. The zero-order valence-corrected chi connectivity index (χ0v) is 11.9. The fraction of sp³-hybridized carbons (Fsp3) is 0.625. The Morgan fingerprint density at radius 1 is 1.25 bits per heavy atom. The minimum absolute atomic E-state index is 0.0493. The molecule has 0 amide bonds. The lowest BCUT2D eigenvalue weighted by atomic mass is 9.80. The van der Waals surface area contributed by atoms with Crippen molar-refractivity contribution in [3.8, 4) is 0 Å². The van der Waals surface area contributed by atoms with E-state index in [4.69, 9.17) is 10.7 Å². The average Bonchev–Trinajstić information content (AvgIpc) is 3.21. The lowest BCUT2D eigenvalue weighted by molar-refractivity contribution is 0.287.